The molecule has 1 fully saturated rings. The summed E-state index contributed by atoms with van der Waals surface area (Å²) in [7, 11) is 0. The van der Waals surface area contributed by atoms with Crippen LogP contribution in [0.15, 0.2) is 22.7 Å². The first-order chi connectivity index (χ1) is 9.74. The summed E-state index contributed by atoms with van der Waals surface area (Å²) < 4.78 is 1.52. The highest BCUT2D eigenvalue weighted by atomic mass is 35.5. The van der Waals surface area contributed by atoms with Gasteiger partial charge in [-0.3, -0.25) is 9.78 Å². The van der Waals surface area contributed by atoms with Gasteiger partial charge in [0.1, 0.15) is 5.69 Å². The molecular weight excluding hydrogens is 296 g/mol. The Kier molecular flexibility index (Phi) is 4.03. The Morgan fingerprint density at radius 2 is 2.30 bits per heavy atom. The second-order valence-electron chi connectivity index (χ2n) is 4.97. The fourth-order valence-corrected chi connectivity index (χ4v) is 2.91. The standard InChI is InChI=1S/C13H15ClN4OS/c14-11-6-17-18(7-9-2-1-3-9)13(19)12(11)16-5-10-4-15-8-20-10/h4,6,8-9,16H,1-3,5,7H2. The van der Waals surface area contributed by atoms with Gasteiger partial charge in [0.05, 0.1) is 23.3 Å². The van der Waals surface area contributed by atoms with Crippen LogP contribution in [0.4, 0.5) is 5.69 Å². The maximum atomic E-state index is 12.4. The minimum absolute atomic E-state index is 0.145. The van der Waals surface area contributed by atoms with Crippen LogP contribution in [0.2, 0.25) is 5.02 Å². The lowest BCUT2D eigenvalue weighted by Crippen LogP contribution is -2.30. The van der Waals surface area contributed by atoms with Crippen LogP contribution in [0.25, 0.3) is 0 Å². The molecule has 2 aromatic rings. The fourth-order valence-electron chi connectivity index (χ4n) is 2.18. The van der Waals surface area contributed by atoms with Gasteiger partial charge < -0.3 is 5.32 Å². The molecule has 0 radical (unpaired) electrons. The SMILES string of the molecule is O=c1c(NCc2cncs2)c(Cl)cnn1CC1CCC1. The van der Waals surface area contributed by atoms with Gasteiger partial charge in [-0.2, -0.15) is 5.10 Å². The summed E-state index contributed by atoms with van der Waals surface area (Å²) in [5, 5.41) is 7.59. The van der Waals surface area contributed by atoms with Crippen LogP contribution in [0, 0.1) is 5.92 Å². The second kappa shape index (κ2) is 5.93. The fraction of sp³-hybridized carbons (Fsp3) is 0.462. The molecule has 20 heavy (non-hydrogen) atoms. The van der Waals surface area contributed by atoms with Gasteiger partial charge in [-0.1, -0.05) is 18.0 Å². The summed E-state index contributed by atoms with van der Waals surface area (Å²) in [6, 6.07) is 0. The molecule has 1 aliphatic rings. The van der Waals surface area contributed by atoms with E-state index in [4.69, 9.17) is 11.6 Å². The smallest absolute Gasteiger partial charge is 0.291 e. The number of rotatable bonds is 5. The van der Waals surface area contributed by atoms with E-state index in [1.807, 2.05) is 0 Å². The molecule has 1 N–H and O–H groups in total. The Morgan fingerprint density at radius 1 is 1.45 bits per heavy atom. The first kappa shape index (κ1) is 13.6. The molecule has 7 heteroatoms. The highest BCUT2D eigenvalue weighted by Crippen LogP contribution is 2.27. The minimum atomic E-state index is -0.145. The molecule has 3 rings (SSSR count). The number of nitrogens with one attached hydrogen (secondary N) is 1. The Bertz CT molecular complexity index is 636. The van der Waals surface area contributed by atoms with Crippen molar-refractivity contribution in [1.82, 2.24) is 14.8 Å². The molecule has 0 saturated heterocycles. The third kappa shape index (κ3) is 2.86. The zero-order valence-electron chi connectivity index (χ0n) is 10.9. The largest absolute Gasteiger partial charge is 0.374 e. The monoisotopic (exact) mass is 310 g/mol. The van der Waals surface area contributed by atoms with Gasteiger partial charge in [-0.25, -0.2) is 4.68 Å². The van der Waals surface area contributed by atoms with Crippen molar-refractivity contribution < 1.29 is 0 Å². The quantitative estimate of drug-likeness (QED) is 0.922. The Morgan fingerprint density at radius 3 is 2.95 bits per heavy atom. The zero-order chi connectivity index (χ0) is 13.9. The molecule has 0 spiro atoms. The van der Waals surface area contributed by atoms with Crippen LogP contribution in [-0.4, -0.2) is 14.8 Å². The van der Waals surface area contributed by atoms with Gasteiger partial charge in [0.2, 0.25) is 0 Å². The molecule has 0 aliphatic heterocycles. The molecule has 1 saturated carbocycles. The van der Waals surface area contributed by atoms with E-state index in [1.54, 1.807) is 23.0 Å². The van der Waals surface area contributed by atoms with Crippen LogP contribution in [-0.2, 0) is 13.1 Å². The molecule has 106 valence electrons. The third-order valence-corrected chi connectivity index (χ3v) is 4.64. The number of hydrogen-bond donors (Lipinski definition) is 1. The predicted octanol–water partition coefficient (Wildman–Crippen LogP) is 2.77. The van der Waals surface area contributed by atoms with Gasteiger partial charge in [-0.05, 0) is 18.8 Å². The van der Waals surface area contributed by atoms with E-state index >= 15 is 0 Å². The van der Waals surface area contributed by atoms with E-state index in [0.717, 1.165) is 4.88 Å². The molecule has 0 unspecified atom stereocenters. The summed E-state index contributed by atoms with van der Waals surface area (Å²) in [5.74, 6) is 0.579. The number of aromatic nitrogens is 3. The van der Waals surface area contributed by atoms with Crippen LogP contribution in [0.3, 0.4) is 0 Å². The minimum Gasteiger partial charge on any atom is -0.374 e. The third-order valence-electron chi connectivity index (χ3n) is 3.58. The molecule has 0 bridgehead atoms. The van der Waals surface area contributed by atoms with E-state index in [0.29, 0.717) is 29.7 Å². The predicted molar refractivity (Wildman–Crippen MR) is 80.3 cm³/mol. The average molecular weight is 311 g/mol. The zero-order valence-corrected chi connectivity index (χ0v) is 12.5. The molecule has 1 aliphatic carbocycles. The maximum Gasteiger partial charge on any atom is 0.291 e. The van der Waals surface area contributed by atoms with Crippen molar-refractivity contribution >= 4 is 28.6 Å². The highest BCUT2D eigenvalue weighted by Gasteiger charge is 2.20. The van der Waals surface area contributed by atoms with E-state index in [-0.39, 0.29) is 5.56 Å². The molecule has 5 nitrogen and oxygen atoms in total. The number of thiazole rings is 1. The summed E-state index contributed by atoms with van der Waals surface area (Å²) >= 11 is 7.62. The molecule has 2 aromatic heterocycles. The topological polar surface area (TPSA) is 59.8 Å². The molecule has 0 atom stereocenters. The van der Waals surface area contributed by atoms with Crippen molar-refractivity contribution in [2.24, 2.45) is 5.92 Å². The van der Waals surface area contributed by atoms with Crippen molar-refractivity contribution in [3.05, 3.63) is 38.2 Å². The van der Waals surface area contributed by atoms with Gasteiger partial charge >= 0.3 is 0 Å². The summed E-state index contributed by atoms with van der Waals surface area (Å²) in [6.07, 6.45) is 6.93. The molecule has 0 amide bonds. The highest BCUT2D eigenvalue weighted by molar-refractivity contribution is 7.09. The first-order valence-corrected chi connectivity index (χ1v) is 7.86. The normalized spacial score (nSPS) is 15.1. The van der Waals surface area contributed by atoms with Gasteiger partial charge in [0.25, 0.3) is 5.56 Å². The average Bonchev–Trinajstić information content (AvgIpc) is 2.89. The lowest BCUT2D eigenvalue weighted by Gasteiger charge is -2.25. The molecule has 2 heterocycles. The summed E-state index contributed by atoms with van der Waals surface area (Å²) in [6.45, 7) is 1.23. The van der Waals surface area contributed by atoms with Crippen LogP contribution in [0.1, 0.15) is 24.1 Å². The van der Waals surface area contributed by atoms with Crippen molar-refractivity contribution in [3.8, 4) is 0 Å². The molecule has 0 aromatic carbocycles. The van der Waals surface area contributed by atoms with Crippen molar-refractivity contribution in [1.29, 1.82) is 0 Å². The summed E-state index contributed by atoms with van der Waals surface area (Å²) in [5.41, 5.74) is 2.04. The Balaban J connectivity index is 1.77. The number of halogens is 1. The first-order valence-electron chi connectivity index (χ1n) is 6.61. The maximum absolute atomic E-state index is 12.4. The number of anilines is 1. The number of hydrogen-bond acceptors (Lipinski definition) is 5. The van der Waals surface area contributed by atoms with Gasteiger partial charge in [0.15, 0.2) is 0 Å². The lowest BCUT2D eigenvalue weighted by atomic mass is 9.85. The van der Waals surface area contributed by atoms with Crippen molar-refractivity contribution in [3.63, 3.8) is 0 Å². The van der Waals surface area contributed by atoms with Crippen molar-refractivity contribution in [2.75, 3.05) is 5.32 Å². The van der Waals surface area contributed by atoms with E-state index < -0.39 is 0 Å². The Labute approximate surface area is 125 Å². The second-order valence-corrected chi connectivity index (χ2v) is 6.35. The van der Waals surface area contributed by atoms with E-state index in [9.17, 15) is 4.79 Å². The van der Waals surface area contributed by atoms with E-state index in [1.165, 1.54) is 30.1 Å². The van der Waals surface area contributed by atoms with Gasteiger partial charge in [0, 0.05) is 17.6 Å². The van der Waals surface area contributed by atoms with Gasteiger partial charge in [-0.15, -0.1) is 11.3 Å². The van der Waals surface area contributed by atoms with Crippen LogP contribution < -0.4 is 10.9 Å². The Hall–Kier alpha value is -1.40. The number of nitrogens with zero attached hydrogens (tertiary/aromatic N) is 3. The lowest BCUT2D eigenvalue weighted by molar-refractivity contribution is 0.262. The summed E-state index contributed by atoms with van der Waals surface area (Å²) in [4.78, 5) is 17.4. The van der Waals surface area contributed by atoms with Crippen molar-refractivity contribution in [2.45, 2.75) is 32.4 Å². The van der Waals surface area contributed by atoms with Crippen LogP contribution in [0.5, 0.6) is 0 Å². The van der Waals surface area contributed by atoms with E-state index in [2.05, 4.69) is 15.4 Å². The van der Waals surface area contributed by atoms with Crippen LogP contribution >= 0.6 is 22.9 Å². The molecular formula is C13H15ClN4OS.